The van der Waals surface area contributed by atoms with Crippen LogP contribution in [0.15, 0.2) is 18.2 Å². The Morgan fingerprint density at radius 1 is 1.30 bits per heavy atom. The molecule has 128 valence electrons. The van der Waals surface area contributed by atoms with E-state index in [0.29, 0.717) is 24.5 Å². The number of halogens is 1. The Balaban J connectivity index is 2.00. The van der Waals surface area contributed by atoms with E-state index in [0.717, 1.165) is 5.56 Å². The van der Waals surface area contributed by atoms with Gasteiger partial charge in [0, 0.05) is 25.4 Å². The first-order valence-corrected chi connectivity index (χ1v) is 8.79. The van der Waals surface area contributed by atoms with Crippen molar-refractivity contribution in [2.24, 2.45) is 5.92 Å². The van der Waals surface area contributed by atoms with Crippen LogP contribution < -0.4 is 9.47 Å². The second-order valence-corrected chi connectivity index (χ2v) is 6.93. The number of hydrogen-bond acceptors (Lipinski definition) is 5. The van der Waals surface area contributed by atoms with Crippen LogP contribution >= 0.6 is 0 Å². The van der Waals surface area contributed by atoms with Gasteiger partial charge in [-0.1, -0.05) is 12.1 Å². The number of benzene rings is 1. The molecule has 2 rings (SSSR count). The van der Waals surface area contributed by atoms with Gasteiger partial charge in [-0.3, -0.25) is 4.79 Å². The predicted octanol–water partition coefficient (Wildman–Crippen LogP) is 1.39. The minimum absolute atomic E-state index is 0.0679. The lowest BCUT2D eigenvalue weighted by Crippen LogP contribution is -2.28. The Morgan fingerprint density at radius 3 is 2.65 bits per heavy atom. The molecular formula is C15H20FNO5S. The van der Waals surface area contributed by atoms with Crippen molar-refractivity contribution in [3.63, 3.8) is 0 Å². The zero-order valence-electron chi connectivity index (χ0n) is 13.1. The number of hydrogen-bond donors (Lipinski definition) is 0. The van der Waals surface area contributed by atoms with Crippen LogP contribution in [0.5, 0.6) is 11.5 Å². The first-order valence-electron chi connectivity index (χ1n) is 7.24. The molecule has 1 heterocycles. The van der Waals surface area contributed by atoms with Crippen LogP contribution in [0.4, 0.5) is 3.89 Å². The van der Waals surface area contributed by atoms with E-state index in [2.05, 4.69) is 0 Å². The number of likely N-dealkylation sites (tertiary alicyclic amines) is 1. The SMILES string of the molecule is COc1cccc(CCN2CC(CS(=O)(=O)F)CC2=O)c1OC. The van der Waals surface area contributed by atoms with Gasteiger partial charge < -0.3 is 14.4 Å². The summed E-state index contributed by atoms with van der Waals surface area (Å²) in [5, 5.41) is 0. The number of methoxy groups -OCH3 is 2. The van der Waals surface area contributed by atoms with E-state index in [9.17, 15) is 17.1 Å². The van der Waals surface area contributed by atoms with E-state index >= 15 is 0 Å². The van der Waals surface area contributed by atoms with Gasteiger partial charge in [0.15, 0.2) is 11.5 Å². The first kappa shape index (κ1) is 17.5. The Hall–Kier alpha value is -1.83. The summed E-state index contributed by atoms with van der Waals surface area (Å²) in [6, 6.07) is 5.50. The molecule has 1 aromatic rings. The number of nitrogens with zero attached hydrogens (tertiary/aromatic N) is 1. The molecular weight excluding hydrogens is 325 g/mol. The van der Waals surface area contributed by atoms with E-state index in [-0.39, 0.29) is 18.9 Å². The van der Waals surface area contributed by atoms with Crippen molar-refractivity contribution in [2.45, 2.75) is 12.8 Å². The molecule has 1 aliphatic heterocycles. The van der Waals surface area contributed by atoms with Crippen molar-refractivity contribution >= 4 is 16.1 Å². The molecule has 0 aromatic heterocycles. The molecule has 0 N–H and O–H groups in total. The van der Waals surface area contributed by atoms with Gasteiger partial charge in [-0.05, 0) is 18.1 Å². The Labute approximate surface area is 135 Å². The fourth-order valence-corrected chi connectivity index (χ4v) is 3.66. The third-order valence-corrected chi connectivity index (χ3v) is 4.73. The standard InChI is InChI=1S/C15H20FNO5S/c1-21-13-5-3-4-12(15(13)22-2)6-7-17-9-11(8-14(17)18)10-23(16,19)20/h3-5,11H,6-10H2,1-2H3. The highest BCUT2D eigenvalue weighted by Crippen LogP contribution is 2.31. The molecule has 1 unspecified atom stereocenters. The Bertz CT molecular complexity index is 676. The van der Waals surface area contributed by atoms with Gasteiger partial charge in [-0.15, -0.1) is 3.89 Å². The fourth-order valence-electron chi connectivity index (χ4n) is 2.87. The lowest BCUT2D eigenvalue weighted by molar-refractivity contribution is -0.127. The van der Waals surface area contributed by atoms with Crippen molar-refractivity contribution in [2.75, 3.05) is 33.1 Å². The monoisotopic (exact) mass is 345 g/mol. The molecule has 0 bridgehead atoms. The largest absolute Gasteiger partial charge is 0.493 e. The van der Waals surface area contributed by atoms with Crippen LogP contribution in [0, 0.1) is 5.92 Å². The zero-order valence-corrected chi connectivity index (χ0v) is 13.9. The number of carbonyl (C=O) groups excluding carboxylic acids is 1. The van der Waals surface area contributed by atoms with E-state index in [4.69, 9.17) is 9.47 Å². The minimum atomic E-state index is -4.56. The molecule has 1 aliphatic rings. The third-order valence-electron chi connectivity index (χ3n) is 3.86. The Morgan fingerprint density at radius 2 is 2.04 bits per heavy atom. The maximum absolute atomic E-state index is 12.7. The molecule has 6 nitrogen and oxygen atoms in total. The smallest absolute Gasteiger partial charge is 0.302 e. The maximum Gasteiger partial charge on any atom is 0.302 e. The zero-order chi connectivity index (χ0) is 17.0. The van der Waals surface area contributed by atoms with E-state index < -0.39 is 21.9 Å². The number of ether oxygens (including phenoxy) is 2. The molecule has 23 heavy (non-hydrogen) atoms. The maximum atomic E-state index is 12.7. The average molecular weight is 345 g/mol. The molecule has 0 spiro atoms. The van der Waals surface area contributed by atoms with Gasteiger partial charge >= 0.3 is 10.2 Å². The molecule has 1 fully saturated rings. The topological polar surface area (TPSA) is 72.9 Å². The van der Waals surface area contributed by atoms with E-state index in [1.807, 2.05) is 12.1 Å². The van der Waals surface area contributed by atoms with Crippen molar-refractivity contribution in [3.8, 4) is 11.5 Å². The molecule has 8 heteroatoms. The van der Waals surface area contributed by atoms with Crippen molar-refractivity contribution < 1.29 is 26.6 Å². The summed E-state index contributed by atoms with van der Waals surface area (Å²) < 4.78 is 44.7. The summed E-state index contributed by atoms with van der Waals surface area (Å²) in [5.74, 6) is -0.00791. The Kier molecular flexibility index (Phi) is 5.46. The predicted molar refractivity (Wildman–Crippen MR) is 82.8 cm³/mol. The lowest BCUT2D eigenvalue weighted by atomic mass is 10.1. The van der Waals surface area contributed by atoms with Gasteiger partial charge in [0.1, 0.15) is 0 Å². The van der Waals surface area contributed by atoms with Crippen molar-refractivity contribution in [1.29, 1.82) is 0 Å². The summed E-state index contributed by atoms with van der Waals surface area (Å²) in [5.41, 5.74) is 0.890. The molecule has 0 radical (unpaired) electrons. The molecule has 1 amide bonds. The van der Waals surface area contributed by atoms with E-state index in [1.165, 1.54) is 0 Å². The van der Waals surface area contributed by atoms with Crippen molar-refractivity contribution in [1.82, 2.24) is 4.90 Å². The highest BCUT2D eigenvalue weighted by Gasteiger charge is 2.32. The van der Waals surface area contributed by atoms with Crippen LogP contribution in [0.3, 0.4) is 0 Å². The van der Waals surface area contributed by atoms with Crippen LogP contribution in [-0.2, 0) is 21.4 Å². The number of amides is 1. The van der Waals surface area contributed by atoms with Crippen LogP contribution in [0.2, 0.25) is 0 Å². The summed E-state index contributed by atoms with van der Waals surface area (Å²) >= 11 is 0. The highest BCUT2D eigenvalue weighted by molar-refractivity contribution is 7.86. The molecule has 0 aliphatic carbocycles. The highest BCUT2D eigenvalue weighted by atomic mass is 32.3. The normalized spacial score (nSPS) is 18.3. The molecule has 1 aromatic carbocycles. The van der Waals surface area contributed by atoms with Gasteiger partial charge in [0.25, 0.3) is 0 Å². The average Bonchev–Trinajstić information content (AvgIpc) is 2.81. The van der Waals surface area contributed by atoms with Crippen LogP contribution in [0.25, 0.3) is 0 Å². The second kappa shape index (κ2) is 7.16. The van der Waals surface area contributed by atoms with Crippen molar-refractivity contribution in [3.05, 3.63) is 23.8 Å². The van der Waals surface area contributed by atoms with Gasteiger partial charge in [0.05, 0.1) is 20.0 Å². The minimum Gasteiger partial charge on any atom is -0.493 e. The summed E-state index contributed by atoms with van der Waals surface area (Å²) in [4.78, 5) is 13.5. The fraction of sp³-hybridized carbons (Fsp3) is 0.533. The number of carbonyl (C=O) groups is 1. The number of rotatable bonds is 7. The first-order chi connectivity index (χ1) is 10.8. The van der Waals surface area contributed by atoms with Gasteiger partial charge in [-0.2, -0.15) is 8.42 Å². The van der Waals surface area contributed by atoms with Gasteiger partial charge in [0.2, 0.25) is 5.91 Å². The third kappa shape index (κ3) is 4.57. The molecule has 1 saturated heterocycles. The number of para-hydroxylation sites is 1. The molecule has 1 atom stereocenters. The second-order valence-electron chi connectivity index (χ2n) is 5.52. The van der Waals surface area contributed by atoms with Gasteiger partial charge in [-0.25, -0.2) is 0 Å². The quantitative estimate of drug-likeness (QED) is 0.699. The van der Waals surface area contributed by atoms with Crippen LogP contribution in [0.1, 0.15) is 12.0 Å². The molecule has 0 saturated carbocycles. The lowest BCUT2D eigenvalue weighted by Gasteiger charge is -2.18. The summed E-state index contributed by atoms with van der Waals surface area (Å²) in [7, 11) is -1.46. The van der Waals surface area contributed by atoms with E-state index in [1.54, 1.807) is 25.2 Å². The van der Waals surface area contributed by atoms with Crippen LogP contribution in [-0.4, -0.2) is 52.3 Å². The summed E-state index contributed by atoms with van der Waals surface area (Å²) in [6.07, 6.45) is 0.611. The summed E-state index contributed by atoms with van der Waals surface area (Å²) in [6.45, 7) is 0.680.